The Morgan fingerprint density at radius 1 is 1.21 bits per heavy atom. The second-order valence-electron chi connectivity index (χ2n) is 6.25. The second kappa shape index (κ2) is 7.10. The van der Waals surface area contributed by atoms with Crippen LogP contribution in [0.3, 0.4) is 0 Å². The summed E-state index contributed by atoms with van der Waals surface area (Å²) in [6.45, 7) is 1.42. The molecule has 2 heterocycles. The number of hydrogen-bond acceptors (Lipinski definition) is 7. The minimum absolute atomic E-state index is 0.0195. The van der Waals surface area contributed by atoms with Crippen molar-refractivity contribution in [2.45, 2.75) is 34.8 Å². The number of alkyl halides is 3. The number of halogens is 3. The van der Waals surface area contributed by atoms with Crippen LogP contribution in [0.5, 0.6) is 0 Å². The van der Waals surface area contributed by atoms with Crippen LogP contribution in [0.4, 0.5) is 19.0 Å². The number of aldehydes is 1. The summed E-state index contributed by atoms with van der Waals surface area (Å²) in [4.78, 5) is 16.0. The van der Waals surface area contributed by atoms with E-state index in [1.807, 2.05) is 0 Å². The average molecular weight is 448 g/mol. The van der Waals surface area contributed by atoms with Gasteiger partial charge in [0.15, 0.2) is 9.84 Å². The summed E-state index contributed by atoms with van der Waals surface area (Å²) < 4.78 is 86.8. The van der Waals surface area contributed by atoms with Gasteiger partial charge in [-0.05, 0) is 35.4 Å². The molecule has 0 aliphatic carbocycles. The van der Waals surface area contributed by atoms with E-state index in [2.05, 4.69) is 4.98 Å². The molecule has 29 heavy (non-hydrogen) atoms. The highest BCUT2D eigenvalue weighted by Crippen LogP contribution is 2.40. The van der Waals surface area contributed by atoms with Gasteiger partial charge in [0, 0.05) is 12.7 Å². The van der Waals surface area contributed by atoms with Gasteiger partial charge in [-0.25, -0.2) is 21.8 Å². The lowest BCUT2D eigenvalue weighted by Crippen LogP contribution is -2.26. The fourth-order valence-corrected chi connectivity index (χ4v) is 4.93. The third-order valence-corrected chi connectivity index (χ3v) is 7.83. The van der Waals surface area contributed by atoms with Crippen LogP contribution in [-0.2, 0) is 31.0 Å². The molecule has 0 amide bonds. The first kappa shape index (κ1) is 21.2. The fourth-order valence-electron chi connectivity index (χ4n) is 3.09. The lowest BCUT2D eigenvalue weighted by molar-refractivity contribution is -0.109. The lowest BCUT2D eigenvalue weighted by Gasteiger charge is -2.24. The van der Waals surface area contributed by atoms with Crippen molar-refractivity contribution in [3.8, 4) is 0 Å². The Kier molecular flexibility index (Phi) is 5.20. The molecule has 1 aromatic heterocycles. The Hall–Kier alpha value is -2.47. The van der Waals surface area contributed by atoms with Gasteiger partial charge in [-0.2, -0.15) is 13.2 Å². The quantitative estimate of drug-likeness (QED) is 0.648. The molecule has 1 unspecified atom stereocenters. The molecule has 2 aromatic rings. The van der Waals surface area contributed by atoms with E-state index in [4.69, 9.17) is 0 Å². The first-order valence-corrected chi connectivity index (χ1v) is 11.4. The van der Waals surface area contributed by atoms with Gasteiger partial charge in [-0.15, -0.1) is 0 Å². The van der Waals surface area contributed by atoms with E-state index < -0.39 is 36.1 Å². The highest BCUT2D eigenvalue weighted by Gasteiger charge is 2.47. The van der Waals surface area contributed by atoms with E-state index in [9.17, 15) is 34.8 Å². The van der Waals surface area contributed by atoms with Crippen LogP contribution in [0.15, 0.2) is 46.3 Å². The molecule has 7 nitrogen and oxygen atoms in total. The Balaban J connectivity index is 2.13. The van der Waals surface area contributed by atoms with Gasteiger partial charge in [0.1, 0.15) is 23.0 Å². The molecule has 0 radical (unpaired) electrons. The monoisotopic (exact) mass is 448 g/mol. The van der Waals surface area contributed by atoms with Gasteiger partial charge in [0.05, 0.1) is 10.6 Å². The first-order valence-electron chi connectivity index (χ1n) is 8.28. The van der Waals surface area contributed by atoms with Crippen LogP contribution in [0.2, 0.25) is 0 Å². The van der Waals surface area contributed by atoms with Crippen LogP contribution in [0, 0.1) is 0 Å². The average Bonchev–Trinajstić information content (AvgIpc) is 3.04. The highest BCUT2D eigenvalue weighted by molar-refractivity contribution is 7.92. The zero-order valence-corrected chi connectivity index (χ0v) is 16.6. The zero-order valence-electron chi connectivity index (χ0n) is 14.9. The summed E-state index contributed by atoms with van der Waals surface area (Å²) in [5.74, 6) is -0.241. The van der Waals surface area contributed by atoms with Gasteiger partial charge < -0.3 is 9.69 Å². The number of aromatic nitrogens is 1. The van der Waals surface area contributed by atoms with E-state index in [0.29, 0.717) is 11.8 Å². The molecule has 156 valence electrons. The van der Waals surface area contributed by atoms with Crippen molar-refractivity contribution in [1.82, 2.24) is 4.98 Å². The molecule has 0 bridgehead atoms. The van der Waals surface area contributed by atoms with Gasteiger partial charge in [-0.3, -0.25) is 0 Å². The predicted molar refractivity (Wildman–Crippen MR) is 96.6 cm³/mol. The summed E-state index contributed by atoms with van der Waals surface area (Å²) in [5.41, 5.74) is -5.04. The van der Waals surface area contributed by atoms with E-state index in [0.717, 1.165) is 12.1 Å². The fraction of sp³-hybridized carbons (Fsp3) is 0.294. The van der Waals surface area contributed by atoms with Crippen molar-refractivity contribution in [1.29, 1.82) is 0 Å². The normalized spacial score (nSPS) is 17.2. The molecular weight excluding hydrogens is 433 g/mol. The molecule has 3 rings (SSSR count). The van der Waals surface area contributed by atoms with E-state index in [-0.39, 0.29) is 28.6 Å². The predicted octanol–water partition coefficient (Wildman–Crippen LogP) is 2.43. The summed E-state index contributed by atoms with van der Waals surface area (Å²) in [5, 5.41) is 0. The molecule has 1 aliphatic heterocycles. The van der Waals surface area contributed by atoms with Gasteiger partial charge in [0.25, 0.3) is 9.84 Å². The van der Waals surface area contributed by atoms with Crippen LogP contribution in [-0.4, -0.2) is 39.4 Å². The zero-order chi connectivity index (χ0) is 21.6. The molecule has 0 spiro atoms. The molecule has 0 fully saturated rings. The standard InChI is InChI=1S/C17H15F3N2O5S2/c1-2-28(24,25)15-4-3-7-21-16(15)22-9-11-5-6-12(8-13(11)14(22)10-23)29(26,27)17(18,19)20/h3-8,10,14H,2,9H2,1H3. The van der Waals surface area contributed by atoms with E-state index in [1.165, 1.54) is 36.2 Å². The van der Waals surface area contributed by atoms with Crippen molar-refractivity contribution < 1.29 is 34.8 Å². The van der Waals surface area contributed by atoms with Crippen molar-refractivity contribution in [2.24, 2.45) is 0 Å². The molecule has 1 aliphatic rings. The molecule has 12 heteroatoms. The summed E-state index contributed by atoms with van der Waals surface area (Å²) in [7, 11) is -9.29. The van der Waals surface area contributed by atoms with Crippen LogP contribution < -0.4 is 4.90 Å². The van der Waals surface area contributed by atoms with Crippen LogP contribution in [0.1, 0.15) is 24.1 Å². The number of benzene rings is 1. The number of hydrogen-bond donors (Lipinski definition) is 0. The van der Waals surface area contributed by atoms with E-state index >= 15 is 0 Å². The van der Waals surface area contributed by atoms with Crippen LogP contribution >= 0.6 is 0 Å². The Morgan fingerprint density at radius 2 is 1.90 bits per heavy atom. The molecule has 1 atom stereocenters. The highest BCUT2D eigenvalue weighted by atomic mass is 32.2. The number of rotatable bonds is 5. The maximum absolute atomic E-state index is 12.9. The molecule has 0 saturated carbocycles. The van der Waals surface area contributed by atoms with Gasteiger partial charge in [0.2, 0.25) is 0 Å². The number of carbonyl (C=O) groups excluding carboxylic acids is 1. The van der Waals surface area contributed by atoms with Gasteiger partial charge >= 0.3 is 5.51 Å². The first-order chi connectivity index (χ1) is 13.4. The number of fused-ring (bicyclic) bond motifs is 1. The number of carbonyl (C=O) groups is 1. The molecular formula is C17H15F3N2O5S2. The molecule has 0 saturated heterocycles. The smallest absolute Gasteiger partial charge is 0.337 e. The minimum atomic E-state index is -5.59. The lowest BCUT2D eigenvalue weighted by atomic mass is 10.1. The third-order valence-electron chi connectivity index (χ3n) is 4.59. The Labute approximate surface area is 165 Å². The topological polar surface area (TPSA) is 101 Å². The van der Waals surface area contributed by atoms with Crippen LogP contribution in [0.25, 0.3) is 0 Å². The third kappa shape index (κ3) is 3.50. The van der Waals surface area contributed by atoms with Crippen molar-refractivity contribution in [3.63, 3.8) is 0 Å². The van der Waals surface area contributed by atoms with Crippen molar-refractivity contribution in [2.75, 3.05) is 10.7 Å². The maximum atomic E-state index is 12.9. The minimum Gasteiger partial charge on any atom is -0.337 e. The summed E-state index contributed by atoms with van der Waals surface area (Å²) in [6.07, 6.45) is 1.74. The van der Waals surface area contributed by atoms with E-state index in [1.54, 1.807) is 0 Å². The number of pyridine rings is 1. The maximum Gasteiger partial charge on any atom is 0.501 e. The number of nitrogens with zero attached hydrogens (tertiary/aromatic N) is 2. The van der Waals surface area contributed by atoms with Crippen molar-refractivity contribution >= 4 is 31.8 Å². The number of sulfone groups is 2. The molecule has 1 aromatic carbocycles. The summed E-state index contributed by atoms with van der Waals surface area (Å²) in [6, 6.07) is 4.35. The Bertz CT molecular complexity index is 1180. The molecule has 0 N–H and O–H groups in total. The van der Waals surface area contributed by atoms with Gasteiger partial charge in [-0.1, -0.05) is 13.0 Å². The SMILES string of the molecule is CCS(=O)(=O)c1cccnc1N1Cc2ccc(S(=O)(=O)C(F)(F)F)cc2C1C=O. The Morgan fingerprint density at radius 3 is 2.48 bits per heavy atom. The number of anilines is 1. The second-order valence-corrected chi connectivity index (χ2v) is 10.4. The largest absolute Gasteiger partial charge is 0.501 e. The summed E-state index contributed by atoms with van der Waals surface area (Å²) >= 11 is 0. The van der Waals surface area contributed by atoms with Crippen molar-refractivity contribution in [3.05, 3.63) is 47.7 Å².